The van der Waals surface area contributed by atoms with Gasteiger partial charge in [0.05, 0.1) is 17.8 Å². The van der Waals surface area contributed by atoms with Crippen LogP contribution in [0.2, 0.25) is 0 Å². The number of nitrogens with one attached hydrogen (secondary N) is 1. The van der Waals surface area contributed by atoms with Crippen molar-refractivity contribution in [2.75, 3.05) is 6.54 Å². The summed E-state index contributed by atoms with van der Waals surface area (Å²) in [5, 5.41) is 4.32. The third-order valence-corrected chi connectivity index (χ3v) is 6.50. The molecule has 1 N–H and O–H groups in total. The summed E-state index contributed by atoms with van der Waals surface area (Å²) in [6.45, 7) is 11.8. The summed E-state index contributed by atoms with van der Waals surface area (Å²) in [6, 6.07) is 15.1. The van der Waals surface area contributed by atoms with Gasteiger partial charge in [0.2, 0.25) is 0 Å². The van der Waals surface area contributed by atoms with Crippen LogP contribution in [0.3, 0.4) is 0 Å². The van der Waals surface area contributed by atoms with Crippen LogP contribution in [0.4, 0.5) is 0 Å². The van der Waals surface area contributed by atoms with E-state index < -0.39 is 0 Å². The Morgan fingerprint density at radius 3 is 2.55 bits per heavy atom. The van der Waals surface area contributed by atoms with Gasteiger partial charge in [0.1, 0.15) is 0 Å². The molecule has 1 fully saturated rings. The Bertz CT molecular complexity index is 1050. The fourth-order valence-corrected chi connectivity index (χ4v) is 4.89. The first kappa shape index (κ1) is 19.6. The van der Waals surface area contributed by atoms with E-state index in [-0.39, 0.29) is 12.1 Å². The second-order valence-electron chi connectivity index (χ2n) is 7.79. The maximum absolute atomic E-state index is 5.69. The number of rotatable bonds is 4. The van der Waals surface area contributed by atoms with Crippen LogP contribution in [0, 0.1) is 27.7 Å². The van der Waals surface area contributed by atoms with Crippen LogP contribution in [0.5, 0.6) is 0 Å². The summed E-state index contributed by atoms with van der Waals surface area (Å²) < 4.78 is 2.38. The molecule has 0 aliphatic carbocycles. The summed E-state index contributed by atoms with van der Waals surface area (Å²) in [5.41, 5.74) is 8.68. The molecular weight excluding hydrogens is 376 g/mol. The monoisotopic (exact) mass is 404 g/mol. The number of thiocarbonyl (C=S) groups is 1. The molecule has 3 heterocycles. The second-order valence-corrected chi connectivity index (χ2v) is 8.18. The molecule has 0 spiro atoms. The van der Waals surface area contributed by atoms with Crippen LogP contribution in [0.15, 0.2) is 48.7 Å². The van der Waals surface area contributed by atoms with Gasteiger partial charge in [0, 0.05) is 29.8 Å². The summed E-state index contributed by atoms with van der Waals surface area (Å²) in [6.07, 6.45) is 1.85. The number of benzene rings is 1. The van der Waals surface area contributed by atoms with Crippen molar-refractivity contribution in [1.82, 2.24) is 19.8 Å². The molecule has 5 heteroatoms. The molecule has 1 aliphatic rings. The number of hydrogen-bond acceptors (Lipinski definition) is 2. The molecule has 3 aromatic rings. The van der Waals surface area contributed by atoms with Crippen LogP contribution in [-0.4, -0.2) is 26.1 Å². The first-order chi connectivity index (χ1) is 13.9. The van der Waals surface area contributed by atoms with Gasteiger partial charge < -0.3 is 14.8 Å². The van der Waals surface area contributed by atoms with Crippen molar-refractivity contribution in [3.63, 3.8) is 0 Å². The normalized spacial score (nSPS) is 18.9. The number of pyridine rings is 1. The summed E-state index contributed by atoms with van der Waals surface area (Å²) in [7, 11) is 0. The van der Waals surface area contributed by atoms with Crippen molar-refractivity contribution < 1.29 is 0 Å². The van der Waals surface area contributed by atoms with Crippen molar-refractivity contribution >= 4 is 17.3 Å². The van der Waals surface area contributed by atoms with Crippen LogP contribution in [0.25, 0.3) is 5.69 Å². The molecule has 1 aromatic carbocycles. The van der Waals surface area contributed by atoms with E-state index >= 15 is 0 Å². The third kappa shape index (κ3) is 3.23. The Labute approximate surface area is 178 Å². The van der Waals surface area contributed by atoms with E-state index in [9.17, 15) is 0 Å². The average molecular weight is 405 g/mol. The van der Waals surface area contributed by atoms with E-state index in [0.717, 1.165) is 17.4 Å². The molecule has 0 saturated carbocycles. The van der Waals surface area contributed by atoms with Gasteiger partial charge in [-0.15, -0.1) is 0 Å². The molecular formula is C24H28N4S. The molecule has 29 heavy (non-hydrogen) atoms. The molecule has 0 bridgehead atoms. The van der Waals surface area contributed by atoms with E-state index in [4.69, 9.17) is 12.2 Å². The Morgan fingerprint density at radius 2 is 1.86 bits per heavy atom. The molecule has 4 rings (SSSR count). The van der Waals surface area contributed by atoms with Gasteiger partial charge in [-0.3, -0.25) is 4.98 Å². The zero-order valence-electron chi connectivity index (χ0n) is 17.7. The minimum atomic E-state index is 0.0382. The van der Waals surface area contributed by atoms with Crippen molar-refractivity contribution in [3.05, 3.63) is 82.4 Å². The predicted octanol–water partition coefficient (Wildman–Crippen LogP) is 5.10. The predicted molar refractivity (Wildman–Crippen MR) is 123 cm³/mol. The van der Waals surface area contributed by atoms with Crippen LogP contribution < -0.4 is 5.32 Å². The topological polar surface area (TPSA) is 33.1 Å². The Hall–Kier alpha value is -2.66. The zero-order valence-corrected chi connectivity index (χ0v) is 18.5. The minimum Gasteiger partial charge on any atom is -0.352 e. The highest BCUT2D eigenvalue weighted by molar-refractivity contribution is 7.80. The summed E-state index contributed by atoms with van der Waals surface area (Å²) >= 11 is 5.69. The number of likely N-dealkylation sites (N-methyl/N-ethyl adjacent to an activating group) is 1. The van der Waals surface area contributed by atoms with Gasteiger partial charge >= 0.3 is 0 Å². The van der Waals surface area contributed by atoms with Crippen molar-refractivity contribution in [1.29, 1.82) is 0 Å². The lowest BCUT2D eigenvalue weighted by Gasteiger charge is -2.27. The SMILES string of the molecule is CCN1C(=S)NC(c2ccccn2)C1c1cc(C)n(-c2cccc(C)c2C)c1C. The molecule has 150 valence electrons. The lowest BCUT2D eigenvalue weighted by atomic mass is 9.97. The maximum atomic E-state index is 5.69. The summed E-state index contributed by atoms with van der Waals surface area (Å²) in [5.74, 6) is 0. The van der Waals surface area contributed by atoms with Gasteiger partial charge in [-0.05, 0) is 87.8 Å². The Balaban J connectivity index is 1.86. The molecule has 1 saturated heterocycles. The Kier molecular flexibility index (Phi) is 5.17. The van der Waals surface area contributed by atoms with Gasteiger partial charge in [-0.2, -0.15) is 0 Å². The highest BCUT2D eigenvalue weighted by Gasteiger charge is 2.40. The highest BCUT2D eigenvalue weighted by atomic mass is 32.1. The molecule has 1 aliphatic heterocycles. The molecule has 0 amide bonds. The Morgan fingerprint density at radius 1 is 1.07 bits per heavy atom. The molecule has 2 unspecified atom stereocenters. The fraction of sp³-hybridized carbons (Fsp3) is 0.333. The van der Waals surface area contributed by atoms with Crippen molar-refractivity contribution in [3.8, 4) is 5.69 Å². The largest absolute Gasteiger partial charge is 0.352 e. The molecule has 2 aromatic heterocycles. The van der Waals surface area contributed by atoms with E-state index in [1.807, 2.05) is 18.3 Å². The van der Waals surface area contributed by atoms with Crippen LogP contribution >= 0.6 is 12.2 Å². The smallest absolute Gasteiger partial charge is 0.170 e. The first-order valence-electron chi connectivity index (χ1n) is 10.2. The molecule has 2 atom stereocenters. The number of nitrogens with zero attached hydrogens (tertiary/aromatic N) is 3. The second kappa shape index (κ2) is 7.64. The van der Waals surface area contributed by atoms with E-state index in [1.54, 1.807) is 0 Å². The van der Waals surface area contributed by atoms with Gasteiger partial charge in [-0.1, -0.05) is 18.2 Å². The lowest BCUT2D eigenvalue weighted by molar-refractivity contribution is 0.329. The van der Waals surface area contributed by atoms with Gasteiger partial charge in [-0.25, -0.2) is 0 Å². The first-order valence-corrected chi connectivity index (χ1v) is 10.6. The summed E-state index contributed by atoms with van der Waals surface area (Å²) in [4.78, 5) is 6.91. The van der Waals surface area contributed by atoms with E-state index in [0.29, 0.717) is 0 Å². The average Bonchev–Trinajstić information content (AvgIpc) is 3.20. The van der Waals surface area contributed by atoms with Crippen LogP contribution in [-0.2, 0) is 0 Å². The van der Waals surface area contributed by atoms with Crippen molar-refractivity contribution in [2.45, 2.75) is 46.7 Å². The fourth-order valence-electron chi connectivity index (χ4n) is 4.52. The van der Waals surface area contributed by atoms with E-state index in [1.165, 1.54) is 33.8 Å². The quantitative estimate of drug-likeness (QED) is 0.614. The number of hydrogen-bond donors (Lipinski definition) is 1. The third-order valence-electron chi connectivity index (χ3n) is 6.14. The van der Waals surface area contributed by atoms with Crippen molar-refractivity contribution in [2.24, 2.45) is 0 Å². The van der Waals surface area contributed by atoms with Gasteiger partial charge in [0.15, 0.2) is 5.11 Å². The highest BCUT2D eigenvalue weighted by Crippen LogP contribution is 2.41. The maximum Gasteiger partial charge on any atom is 0.170 e. The number of aryl methyl sites for hydroxylation is 2. The molecule has 4 nitrogen and oxygen atoms in total. The van der Waals surface area contributed by atoms with E-state index in [2.05, 4.69) is 84.7 Å². The lowest BCUT2D eigenvalue weighted by Crippen LogP contribution is -2.29. The van der Waals surface area contributed by atoms with Gasteiger partial charge in [0.25, 0.3) is 0 Å². The zero-order chi connectivity index (χ0) is 20.7. The van der Waals surface area contributed by atoms with Crippen LogP contribution in [0.1, 0.15) is 52.8 Å². The standard InChI is InChI=1S/C24H28N4S/c1-6-27-23(22(26-24(27)29)20-11-7-8-13-25-20)19-14-16(3)28(18(19)5)21-12-9-10-15(2)17(21)4/h7-14,22-23H,6H2,1-5H3,(H,26,29). The molecule has 0 radical (unpaired) electrons. The number of aromatic nitrogens is 2. The minimum absolute atomic E-state index is 0.0382.